The Morgan fingerprint density at radius 3 is 2.04 bits per heavy atom. The fourth-order valence-corrected chi connectivity index (χ4v) is 11.3. The number of amides is 1. The number of aliphatic hydroxyl groups excluding tert-OH is 1. The highest BCUT2D eigenvalue weighted by molar-refractivity contribution is 5.85. The zero-order valence-electron chi connectivity index (χ0n) is 39.8. The molecule has 0 aromatic heterocycles. The summed E-state index contributed by atoms with van der Waals surface area (Å²) in [7, 11) is 5.66. The molecule has 10 atom stereocenters. The van der Waals surface area contributed by atoms with Crippen LogP contribution in [0.1, 0.15) is 51.5 Å². The highest BCUT2D eigenvalue weighted by Gasteiger charge is 2.78. The first-order chi connectivity index (χ1) is 35.1. The molecule has 1 amide bonds. The standard InChI is InChI=1S/C56H53NO15/c1-62-35-24-20-33(21-25-35)56-47(31-12-6-5-7-13-31)46(50(59)64-3)49(58)55(56,61)48-42(63-2)26-36(27-43(48)72-56)69-53-52(65-4)67-30-45(71-53)44-29-66-51(70-44)32-18-22-34(23-19-32)57-54(60)68-28-41-39-16-10-8-14-37(39)38-15-9-11-17-40(38)41/h5-27,41,44-47,49,51-53,58,61H,28-30H2,1-4H3,(H,57,60)/t44-,45-,46+,47-,49+,51+,52-,53-,55+,56-/m1/s1. The zero-order chi connectivity index (χ0) is 49.7. The molecule has 372 valence electrons. The number of esters is 1. The Kier molecular flexibility index (Phi) is 12.6. The van der Waals surface area contributed by atoms with Gasteiger partial charge in [0.05, 0.1) is 46.0 Å². The van der Waals surface area contributed by atoms with Gasteiger partial charge in [0.25, 0.3) is 6.29 Å². The van der Waals surface area contributed by atoms with Gasteiger partial charge in [-0.25, -0.2) is 4.79 Å². The van der Waals surface area contributed by atoms with E-state index in [9.17, 15) is 19.8 Å². The van der Waals surface area contributed by atoms with Crippen LogP contribution in [0, 0.1) is 5.92 Å². The van der Waals surface area contributed by atoms with Gasteiger partial charge in [-0.15, -0.1) is 0 Å². The van der Waals surface area contributed by atoms with Gasteiger partial charge in [0.2, 0.25) is 6.29 Å². The second kappa shape index (κ2) is 19.2. The molecule has 6 aromatic carbocycles. The largest absolute Gasteiger partial charge is 0.497 e. The number of ether oxygens (including phenoxy) is 11. The van der Waals surface area contributed by atoms with E-state index in [-0.39, 0.29) is 48.6 Å². The summed E-state index contributed by atoms with van der Waals surface area (Å²) in [6.07, 6.45) is -6.41. The lowest BCUT2D eigenvalue weighted by atomic mass is 9.70. The molecule has 16 heteroatoms. The molecule has 5 aliphatic rings. The average Bonchev–Trinajstić information content (AvgIpc) is 4.15. The minimum absolute atomic E-state index is 0.0588. The average molecular weight is 980 g/mol. The summed E-state index contributed by atoms with van der Waals surface area (Å²) in [5.74, 6) is -2.07. The number of aliphatic hydroxyl groups is 2. The predicted octanol–water partition coefficient (Wildman–Crippen LogP) is 7.69. The van der Waals surface area contributed by atoms with Crippen molar-refractivity contribution in [2.24, 2.45) is 5.92 Å². The summed E-state index contributed by atoms with van der Waals surface area (Å²) < 4.78 is 66.6. The monoisotopic (exact) mass is 979 g/mol. The third-order valence-electron chi connectivity index (χ3n) is 14.5. The van der Waals surface area contributed by atoms with E-state index < -0.39 is 72.3 Å². The first-order valence-electron chi connectivity index (χ1n) is 23.6. The Hall–Kier alpha value is -7.02. The van der Waals surface area contributed by atoms with Crippen molar-refractivity contribution in [3.05, 3.63) is 173 Å². The molecule has 11 rings (SSSR count). The van der Waals surface area contributed by atoms with Gasteiger partial charge < -0.3 is 62.3 Å². The van der Waals surface area contributed by atoms with Crippen LogP contribution < -0.4 is 24.3 Å². The Morgan fingerprint density at radius 1 is 0.708 bits per heavy atom. The summed E-state index contributed by atoms with van der Waals surface area (Å²) >= 11 is 0. The minimum atomic E-state index is -2.28. The number of hydrogen-bond donors (Lipinski definition) is 3. The molecule has 3 heterocycles. The Bertz CT molecular complexity index is 2910. The van der Waals surface area contributed by atoms with Gasteiger partial charge in [0.15, 0.2) is 17.5 Å². The summed E-state index contributed by atoms with van der Waals surface area (Å²) in [5, 5.41) is 28.5. The van der Waals surface area contributed by atoms with E-state index in [1.807, 2.05) is 54.6 Å². The van der Waals surface area contributed by atoms with Crippen LogP contribution in [0.3, 0.4) is 0 Å². The normalized spacial score (nSPS) is 27.9. The van der Waals surface area contributed by atoms with Gasteiger partial charge in [0, 0.05) is 42.3 Å². The van der Waals surface area contributed by atoms with Gasteiger partial charge in [0.1, 0.15) is 47.9 Å². The third-order valence-corrected chi connectivity index (χ3v) is 14.5. The first-order valence-corrected chi connectivity index (χ1v) is 23.6. The highest BCUT2D eigenvalue weighted by atomic mass is 16.8. The number of nitrogens with one attached hydrogen (secondary N) is 1. The van der Waals surface area contributed by atoms with Crippen molar-refractivity contribution in [2.45, 2.75) is 60.2 Å². The Morgan fingerprint density at radius 2 is 1.38 bits per heavy atom. The van der Waals surface area contributed by atoms with Crippen LogP contribution in [0.4, 0.5) is 10.5 Å². The van der Waals surface area contributed by atoms with E-state index in [2.05, 4.69) is 29.6 Å². The van der Waals surface area contributed by atoms with Crippen molar-refractivity contribution in [1.29, 1.82) is 0 Å². The topological polar surface area (TPSA) is 188 Å². The lowest BCUT2D eigenvalue weighted by molar-refractivity contribution is -0.323. The van der Waals surface area contributed by atoms with Gasteiger partial charge >= 0.3 is 12.1 Å². The second-order valence-corrected chi connectivity index (χ2v) is 18.2. The third kappa shape index (κ3) is 7.81. The molecule has 6 aromatic rings. The second-order valence-electron chi connectivity index (χ2n) is 18.2. The smallest absolute Gasteiger partial charge is 0.411 e. The maximum atomic E-state index is 13.7. The van der Waals surface area contributed by atoms with E-state index in [4.69, 9.17) is 52.1 Å². The van der Waals surface area contributed by atoms with Crippen LogP contribution in [-0.2, 0) is 49.2 Å². The quantitative estimate of drug-likeness (QED) is 0.0955. The number of anilines is 1. The molecule has 2 aliphatic carbocycles. The zero-order valence-corrected chi connectivity index (χ0v) is 39.8. The van der Waals surface area contributed by atoms with Crippen molar-refractivity contribution in [3.8, 4) is 34.1 Å². The number of benzene rings is 6. The van der Waals surface area contributed by atoms with Crippen LogP contribution in [0.15, 0.2) is 140 Å². The molecule has 1 saturated carbocycles. The molecule has 0 unspecified atom stereocenters. The molecule has 3 aliphatic heterocycles. The maximum absolute atomic E-state index is 13.7. The van der Waals surface area contributed by atoms with Gasteiger partial charge in [-0.1, -0.05) is 103 Å². The lowest BCUT2D eigenvalue weighted by Crippen LogP contribution is -2.52. The Balaban J connectivity index is 0.789. The van der Waals surface area contributed by atoms with Crippen molar-refractivity contribution < 1.29 is 71.9 Å². The maximum Gasteiger partial charge on any atom is 0.411 e. The van der Waals surface area contributed by atoms with Crippen molar-refractivity contribution in [3.63, 3.8) is 0 Å². The number of hydrogen-bond acceptors (Lipinski definition) is 15. The molecule has 3 fully saturated rings. The SMILES string of the molecule is COC(=O)[C@H]1[C@@H](c2ccccc2)[C@@]2(c3ccc(OC)cc3)Oc3cc(O[C@@H]4O[C@@H]([C@H]5CO[C@H](c6ccc(NC(=O)OCC7c8ccccc8-c8ccccc87)cc6)O5)CO[C@H]4OC)cc(OC)c3[C@]2(O)[C@H]1O. The summed E-state index contributed by atoms with van der Waals surface area (Å²) in [5.41, 5.74) is 2.92. The van der Waals surface area contributed by atoms with Crippen molar-refractivity contribution in [2.75, 3.05) is 53.6 Å². The number of carbonyl (C=O) groups excluding carboxylic acids is 2. The number of carbonyl (C=O) groups is 2. The van der Waals surface area contributed by atoms with Crippen LogP contribution in [-0.4, -0.2) is 101 Å². The molecule has 3 N–H and O–H groups in total. The van der Waals surface area contributed by atoms with E-state index in [1.54, 1.807) is 54.6 Å². The first kappa shape index (κ1) is 47.3. The highest BCUT2D eigenvalue weighted by Crippen LogP contribution is 2.70. The number of rotatable bonds is 13. The van der Waals surface area contributed by atoms with Gasteiger partial charge in [-0.2, -0.15) is 0 Å². The van der Waals surface area contributed by atoms with Crippen LogP contribution in [0.5, 0.6) is 23.0 Å². The van der Waals surface area contributed by atoms with E-state index in [0.29, 0.717) is 22.6 Å². The van der Waals surface area contributed by atoms with Gasteiger partial charge in [-0.05, 0) is 57.6 Å². The predicted molar refractivity (Wildman–Crippen MR) is 258 cm³/mol. The molecule has 0 spiro atoms. The van der Waals surface area contributed by atoms with Crippen molar-refractivity contribution in [1.82, 2.24) is 0 Å². The molecule has 72 heavy (non-hydrogen) atoms. The fraction of sp³-hybridized carbons (Fsp3) is 0.321. The van der Waals surface area contributed by atoms with E-state index in [1.165, 1.54) is 34.5 Å². The summed E-state index contributed by atoms with van der Waals surface area (Å²) in [6.45, 7) is 0.461. The lowest BCUT2D eigenvalue weighted by Gasteiger charge is -2.40. The molecule has 2 saturated heterocycles. The van der Waals surface area contributed by atoms with E-state index in [0.717, 1.165) is 27.8 Å². The van der Waals surface area contributed by atoms with Crippen LogP contribution >= 0.6 is 0 Å². The number of methoxy groups -OCH3 is 4. The molecule has 16 nitrogen and oxygen atoms in total. The molecular weight excluding hydrogens is 927 g/mol. The van der Waals surface area contributed by atoms with E-state index >= 15 is 0 Å². The summed E-state index contributed by atoms with van der Waals surface area (Å²) in [4.78, 5) is 26.7. The Labute approximate surface area is 415 Å². The molecule has 0 bridgehead atoms. The fourth-order valence-electron chi connectivity index (χ4n) is 11.3. The number of fused-ring (bicyclic) bond motifs is 6. The molecule has 0 radical (unpaired) electrons. The van der Waals surface area contributed by atoms with Gasteiger partial charge in [-0.3, -0.25) is 10.1 Å². The minimum Gasteiger partial charge on any atom is -0.497 e. The van der Waals surface area contributed by atoms with Crippen LogP contribution in [0.25, 0.3) is 11.1 Å². The van der Waals surface area contributed by atoms with Crippen molar-refractivity contribution >= 4 is 17.7 Å². The van der Waals surface area contributed by atoms with Crippen LogP contribution in [0.2, 0.25) is 0 Å². The molecular formula is C56H53NO15. The summed E-state index contributed by atoms with van der Waals surface area (Å²) in [6, 6.07) is 42.6.